The van der Waals surface area contributed by atoms with Crippen molar-refractivity contribution < 1.29 is 9.53 Å². The van der Waals surface area contributed by atoms with Gasteiger partial charge in [-0.1, -0.05) is 31.4 Å². The van der Waals surface area contributed by atoms with Crippen molar-refractivity contribution in [2.75, 3.05) is 7.11 Å². The Morgan fingerprint density at radius 2 is 1.83 bits per heavy atom. The number of ether oxygens (including phenoxy) is 1. The molecule has 1 aromatic carbocycles. The minimum atomic E-state index is 0.457. The molecular weight excluding hydrogens is 224 g/mol. The summed E-state index contributed by atoms with van der Waals surface area (Å²) in [4.78, 5) is 11.2. The van der Waals surface area contributed by atoms with Crippen LogP contribution in [0.25, 0.3) is 6.08 Å². The molecule has 0 unspecified atom stereocenters. The van der Waals surface area contributed by atoms with Gasteiger partial charge in [0, 0.05) is 0 Å². The first-order valence-corrected chi connectivity index (χ1v) is 6.64. The van der Waals surface area contributed by atoms with Crippen LogP contribution >= 0.6 is 0 Å². The van der Waals surface area contributed by atoms with E-state index in [4.69, 9.17) is 4.74 Å². The van der Waals surface area contributed by atoms with E-state index in [0.29, 0.717) is 5.92 Å². The summed E-state index contributed by atoms with van der Waals surface area (Å²) in [5, 5.41) is 0. The third-order valence-electron chi connectivity index (χ3n) is 3.66. The maximum atomic E-state index is 11.2. The lowest BCUT2D eigenvalue weighted by atomic mass is 9.83. The van der Waals surface area contributed by atoms with Gasteiger partial charge in [-0.15, -0.1) is 0 Å². The molecule has 0 aliphatic heterocycles. The van der Waals surface area contributed by atoms with E-state index in [9.17, 15) is 4.79 Å². The average molecular weight is 244 g/mol. The molecule has 0 atom stereocenters. The van der Waals surface area contributed by atoms with Crippen molar-refractivity contribution in [3.05, 3.63) is 35.4 Å². The highest BCUT2D eigenvalue weighted by Crippen LogP contribution is 2.30. The number of carbonyl (C=O) groups is 1. The van der Waals surface area contributed by atoms with Crippen molar-refractivity contribution >= 4 is 12.4 Å². The number of aldehydes is 1. The van der Waals surface area contributed by atoms with Crippen LogP contribution in [0, 0.1) is 5.92 Å². The van der Waals surface area contributed by atoms with E-state index in [1.165, 1.54) is 19.3 Å². The minimum Gasteiger partial charge on any atom is -0.497 e. The second kappa shape index (κ2) is 6.39. The molecule has 96 valence electrons. The van der Waals surface area contributed by atoms with Gasteiger partial charge in [-0.2, -0.15) is 0 Å². The first-order valence-electron chi connectivity index (χ1n) is 6.64. The third kappa shape index (κ3) is 3.22. The highest BCUT2D eigenvalue weighted by Gasteiger charge is 2.17. The summed E-state index contributed by atoms with van der Waals surface area (Å²) in [7, 11) is 1.66. The van der Waals surface area contributed by atoms with E-state index >= 15 is 0 Å². The zero-order valence-corrected chi connectivity index (χ0v) is 10.9. The fourth-order valence-electron chi connectivity index (χ4n) is 2.58. The van der Waals surface area contributed by atoms with Crippen LogP contribution < -0.4 is 4.74 Å². The van der Waals surface area contributed by atoms with Crippen molar-refractivity contribution in [1.29, 1.82) is 0 Å². The summed E-state index contributed by atoms with van der Waals surface area (Å²) in [6, 6.07) is 7.83. The zero-order valence-electron chi connectivity index (χ0n) is 10.9. The molecule has 0 aromatic heterocycles. The number of benzene rings is 1. The van der Waals surface area contributed by atoms with Crippen LogP contribution in [0.15, 0.2) is 29.8 Å². The van der Waals surface area contributed by atoms with Crippen LogP contribution in [0.5, 0.6) is 5.75 Å². The number of hydrogen-bond acceptors (Lipinski definition) is 2. The third-order valence-corrected chi connectivity index (χ3v) is 3.66. The van der Waals surface area contributed by atoms with Crippen LogP contribution in [0.4, 0.5) is 0 Å². The predicted octanol–water partition coefficient (Wildman–Crippen LogP) is 3.86. The van der Waals surface area contributed by atoms with Crippen molar-refractivity contribution in [2.45, 2.75) is 32.1 Å². The molecule has 2 rings (SSSR count). The molecule has 0 bridgehead atoms. The molecule has 18 heavy (non-hydrogen) atoms. The van der Waals surface area contributed by atoms with Gasteiger partial charge in [-0.3, -0.25) is 4.79 Å². The Hall–Kier alpha value is -1.57. The lowest BCUT2D eigenvalue weighted by Gasteiger charge is -2.21. The van der Waals surface area contributed by atoms with Crippen LogP contribution in [0.1, 0.15) is 37.7 Å². The zero-order chi connectivity index (χ0) is 12.8. The molecule has 0 radical (unpaired) electrons. The fourth-order valence-corrected chi connectivity index (χ4v) is 2.58. The molecule has 0 amide bonds. The van der Waals surface area contributed by atoms with Crippen LogP contribution in [0.2, 0.25) is 0 Å². The van der Waals surface area contributed by atoms with Crippen molar-refractivity contribution in [3.63, 3.8) is 0 Å². The quantitative estimate of drug-likeness (QED) is 0.594. The second-order valence-electron chi connectivity index (χ2n) is 4.87. The number of rotatable bonds is 4. The summed E-state index contributed by atoms with van der Waals surface area (Å²) in [6.07, 6.45) is 9.16. The van der Waals surface area contributed by atoms with E-state index in [0.717, 1.165) is 36.0 Å². The SMILES string of the molecule is COc1ccc(C=C(C=O)C2CCCCC2)cc1. The monoisotopic (exact) mass is 244 g/mol. The lowest BCUT2D eigenvalue weighted by molar-refractivity contribution is -0.105. The molecule has 1 aromatic rings. The van der Waals surface area contributed by atoms with Gasteiger partial charge in [-0.25, -0.2) is 0 Å². The number of carbonyl (C=O) groups excluding carboxylic acids is 1. The Labute approximate surface area is 109 Å². The number of methoxy groups -OCH3 is 1. The molecule has 0 spiro atoms. The van der Waals surface area contributed by atoms with Gasteiger partial charge in [0.25, 0.3) is 0 Å². The lowest BCUT2D eigenvalue weighted by Crippen LogP contribution is -2.09. The molecule has 0 saturated heterocycles. The summed E-state index contributed by atoms with van der Waals surface area (Å²) in [5.41, 5.74) is 2.02. The molecule has 0 heterocycles. The Bertz CT molecular complexity index is 411. The van der Waals surface area contributed by atoms with E-state index < -0.39 is 0 Å². The molecule has 2 heteroatoms. The predicted molar refractivity (Wildman–Crippen MR) is 73.6 cm³/mol. The average Bonchev–Trinajstić information content (AvgIpc) is 2.46. The Morgan fingerprint density at radius 3 is 2.39 bits per heavy atom. The molecule has 0 N–H and O–H groups in total. The molecular formula is C16H20O2. The largest absolute Gasteiger partial charge is 0.497 e. The van der Waals surface area contributed by atoms with Gasteiger partial charge in [0.05, 0.1) is 7.11 Å². The van der Waals surface area contributed by atoms with Gasteiger partial charge < -0.3 is 4.74 Å². The minimum absolute atomic E-state index is 0.457. The highest BCUT2D eigenvalue weighted by atomic mass is 16.5. The summed E-state index contributed by atoms with van der Waals surface area (Å²) in [5.74, 6) is 1.30. The molecule has 1 aliphatic carbocycles. The maximum absolute atomic E-state index is 11.2. The number of allylic oxidation sites excluding steroid dienone is 1. The summed E-state index contributed by atoms with van der Waals surface area (Å²) >= 11 is 0. The second-order valence-corrected chi connectivity index (χ2v) is 4.87. The Morgan fingerprint density at radius 1 is 1.17 bits per heavy atom. The topological polar surface area (TPSA) is 26.3 Å². The standard InChI is InChI=1S/C16H20O2/c1-18-16-9-7-13(8-10-16)11-15(12-17)14-5-3-2-4-6-14/h7-12,14H,2-6H2,1H3. The maximum Gasteiger partial charge on any atom is 0.146 e. The van der Waals surface area contributed by atoms with Crippen molar-refractivity contribution in [2.24, 2.45) is 5.92 Å². The number of hydrogen-bond donors (Lipinski definition) is 0. The molecule has 1 saturated carbocycles. The van der Waals surface area contributed by atoms with Crippen LogP contribution in [0.3, 0.4) is 0 Å². The van der Waals surface area contributed by atoms with Crippen LogP contribution in [-0.2, 0) is 4.79 Å². The molecule has 1 fully saturated rings. The van der Waals surface area contributed by atoms with Crippen molar-refractivity contribution in [3.8, 4) is 5.75 Å². The fraction of sp³-hybridized carbons (Fsp3) is 0.438. The summed E-state index contributed by atoms with van der Waals surface area (Å²) in [6.45, 7) is 0. The highest BCUT2D eigenvalue weighted by molar-refractivity contribution is 5.82. The first-order chi connectivity index (χ1) is 8.83. The summed E-state index contributed by atoms with van der Waals surface area (Å²) < 4.78 is 5.13. The van der Waals surface area contributed by atoms with E-state index in [1.807, 2.05) is 30.3 Å². The molecule has 2 nitrogen and oxygen atoms in total. The molecule has 1 aliphatic rings. The van der Waals surface area contributed by atoms with Crippen LogP contribution in [-0.4, -0.2) is 13.4 Å². The van der Waals surface area contributed by atoms with E-state index in [1.54, 1.807) is 7.11 Å². The van der Waals surface area contributed by atoms with Gasteiger partial charge >= 0.3 is 0 Å². The van der Waals surface area contributed by atoms with Gasteiger partial charge in [0.1, 0.15) is 12.0 Å². The Balaban J connectivity index is 2.14. The smallest absolute Gasteiger partial charge is 0.146 e. The Kier molecular flexibility index (Phi) is 4.57. The normalized spacial score (nSPS) is 17.5. The van der Waals surface area contributed by atoms with Gasteiger partial charge in [0.15, 0.2) is 0 Å². The van der Waals surface area contributed by atoms with E-state index in [2.05, 4.69) is 0 Å². The van der Waals surface area contributed by atoms with E-state index in [-0.39, 0.29) is 0 Å². The van der Waals surface area contributed by atoms with Gasteiger partial charge in [0.2, 0.25) is 0 Å². The van der Waals surface area contributed by atoms with Crippen molar-refractivity contribution in [1.82, 2.24) is 0 Å². The van der Waals surface area contributed by atoms with Gasteiger partial charge in [-0.05, 0) is 48.1 Å². The first kappa shape index (κ1) is 12.9.